The van der Waals surface area contributed by atoms with Crippen LogP contribution in [-0.4, -0.2) is 59.9 Å². The highest BCUT2D eigenvalue weighted by atomic mass is 31.2. The standard InChI is InChI=1S/C48H76NO10P/c1-3-5-7-9-11-13-15-17-19-21-22-24-26-28-30-32-34-36-38-40-47(51)59-44(42-57-60(54,55)58-43-45(49)48(52)53)41-56-46(50)39-37-35-33-31-29-27-25-23-20-18-16-14-12-10-8-6-4-2/h5-8,11-14,17-20,22,24-25,27-28,30,44-45H,3-4,9-10,15-16,21,23,26,29,31-43,49H2,1-2H3,(H,52,53)(H,54,55)/b7-5-,8-6-,13-11-,14-12-,19-17-,20-18-,24-22-,27-25-,30-28-. The number of phosphoric acid groups is 1. The number of nitrogens with two attached hydrogens (primary N) is 1. The third-order valence-corrected chi connectivity index (χ3v) is 9.47. The molecule has 0 radical (unpaired) electrons. The van der Waals surface area contributed by atoms with Gasteiger partial charge in [-0.05, 0) is 96.3 Å². The van der Waals surface area contributed by atoms with Crippen LogP contribution in [0.5, 0.6) is 0 Å². The fraction of sp³-hybridized carbons (Fsp3) is 0.562. The molecule has 0 fully saturated rings. The third-order valence-electron chi connectivity index (χ3n) is 8.52. The first kappa shape index (κ1) is 56.1. The van der Waals surface area contributed by atoms with Gasteiger partial charge >= 0.3 is 25.7 Å². The number of rotatable bonds is 39. The Morgan fingerprint density at radius 2 is 0.883 bits per heavy atom. The summed E-state index contributed by atoms with van der Waals surface area (Å²) in [4.78, 5) is 46.0. The fourth-order valence-corrected chi connectivity index (χ4v) is 5.92. The molecule has 0 bridgehead atoms. The lowest BCUT2D eigenvalue weighted by molar-refractivity contribution is -0.161. The van der Waals surface area contributed by atoms with Gasteiger partial charge in [0.05, 0.1) is 13.2 Å². The van der Waals surface area contributed by atoms with E-state index in [1.165, 1.54) is 0 Å². The Labute approximate surface area is 361 Å². The van der Waals surface area contributed by atoms with Crippen molar-refractivity contribution >= 4 is 25.7 Å². The Bertz CT molecular complexity index is 1430. The van der Waals surface area contributed by atoms with E-state index in [9.17, 15) is 23.8 Å². The smallest absolute Gasteiger partial charge is 0.472 e. The maximum absolute atomic E-state index is 12.6. The van der Waals surface area contributed by atoms with E-state index >= 15 is 0 Å². The maximum atomic E-state index is 12.6. The summed E-state index contributed by atoms with van der Waals surface area (Å²) in [5.41, 5.74) is 5.33. The van der Waals surface area contributed by atoms with Gasteiger partial charge in [-0.15, -0.1) is 0 Å². The van der Waals surface area contributed by atoms with Crippen LogP contribution in [0.15, 0.2) is 109 Å². The van der Waals surface area contributed by atoms with Crippen molar-refractivity contribution in [2.24, 2.45) is 5.73 Å². The number of carboxylic acids is 1. The zero-order valence-corrected chi connectivity index (χ0v) is 37.4. The second-order valence-corrected chi connectivity index (χ2v) is 15.5. The molecule has 338 valence electrons. The second kappa shape index (κ2) is 41.9. The molecule has 0 saturated carbocycles. The van der Waals surface area contributed by atoms with Gasteiger partial charge in [-0.3, -0.25) is 23.4 Å². The van der Waals surface area contributed by atoms with Crippen molar-refractivity contribution in [2.75, 3.05) is 19.8 Å². The van der Waals surface area contributed by atoms with Gasteiger partial charge in [-0.1, -0.05) is 142 Å². The summed E-state index contributed by atoms with van der Waals surface area (Å²) < 4.78 is 32.7. The normalized spacial score (nSPS) is 14.7. The minimum Gasteiger partial charge on any atom is -0.480 e. The quantitative estimate of drug-likeness (QED) is 0.0232. The van der Waals surface area contributed by atoms with Crippen molar-refractivity contribution in [2.45, 2.75) is 154 Å². The van der Waals surface area contributed by atoms with Gasteiger partial charge in [-0.2, -0.15) is 0 Å². The molecule has 11 nitrogen and oxygen atoms in total. The lowest BCUT2D eigenvalue weighted by Gasteiger charge is -2.20. The Morgan fingerprint density at radius 1 is 0.517 bits per heavy atom. The first-order valence-electron chi connectivity index (χ1n) is 21.9. The zero-order chi connectivity index (χ0) is 44.2. The van der Waals surface area contributed by atoms with E-state index in [0.29, 0.717) is 12.8 Å². The number of ether oxygens (including phenoxy) is 2. The van der Waals surface area contributed by atoms with E-state index in [2.05, 4.69) is 128 Å². The summed E-state index contributed by atoms with van der Waals surface area (Å²) in [5.74, 6) is -2.47. The summed E-state index contributed by atoms with van der Waals surface area (Å²) in [5, 5.41) is 8.89. The van der Waals surface area contributed by atoms with Gasteiger partial charge in [0.15, 0.2) is 6.10 Å². The van der Waals surface area contributed by atoms with Gasteiger partial charge in [0.2, 0.25) is 0 Å². The topological polar surface area (TPSA) is 172 Å². The Morgan fingerprint density at radius 3 is 1.32 bits per heavy atom. The van der Waals surface area contributed by atoms with Gasteiger partial charge in [0, 0.05) is 12.8 Å². The Kier molecular flexibility index (Phi) is 39.2. The molecule has 12 heteroatoms. The molecule has 0 saturated heterocycles. The highest BCUT2D eigenvalue weighted by molar-refractivity contribution is 7.47. The average Bonchev–Trinajstić information content (AvgIpc) is 3.22. The molecule has 0 rings (SSSR count). The Hall–Kier alpha value is -3.86. The van der Waals surface area contributed by atoms with Crippen molar-refractivity contribution in [3.8, 4) is 0 Å². The summed E-state index contributed by atoms with van der Waals surface area (Å²) in [6.07, 6.45) is 54.3. The average molecular weight is 858 g/mol. The van der Waals surface area contributed by atoms with Crippen LogP contribution in [0.4, 0.5) is 0 Å². The number of carbonyl (C=O) groups is 3. The van der Waals surface area contributed by atoms with E-state index in [4.69, 9.17) is 24.8 Å². The molecule has 60 heavy (non-hydrogen) atoms. The molecule has 0 amide bonds. The van der Waals surface area contributed by atoms with Gasteiger partial charge < -0.3 is 25.2 Å². The monoisotopic (exact) mass is 858 g/mol. The number of aliphatic carboxylic acids is 1. The summed E-state index contributed by atoms with van der Waals surface area (Å²) >= 11 is 0. The molecule has 3 atom stereocenters. The van der Waals surface area contributed by atoms with Crippen molar-refractivity contribution < 1.29 is 47.5 Å². The van der Waals surface area contributed by atoms with Crippen molar-refractivity contribution in [1.29, 1.82) is 0 Å². The van der Waals surface area contributed by atoms with E-state index in [1.54, 1.807) is 0 Å². The number of carboxylic acid groups (broad SMARTS) is 1. The molecule has 0 aromatic carbocycles. The molecule has 0 aromatic rings. The first-order valence-corrected chi connectivity index (χ1v) is 23.4. The van der Waals surface area contributed by atoms with E-state index in [0.717, 1.165) is 103 Å². The Balaban J connectivity index is 4.50. The van der Waals surface area contributed by atoms with Crippen LogP contribution in [0.25, 0.3) is 0 Å². The van der Waals surface area contributed by atoms with Gasteiger partial charge in [0.25, 0.3) is 0 Å². The first-order chi connectivity index (χ1) is 29.1. The summed E-state index contributed by atoms with van der Waals surface area (Å²) in [6, 6.07) is -1.54. The summed E-state index contributed by atoms with van der Waals surface area (Å²) in [6.45, 7) is 2.49. The molecule has 0 aliphatic rings. The second-order valence-electron chi connectivity index (χ2n) is 14.1. The zero-order valence-electron chi connectivity index (χ0n) is 36.5. The largest absolute Gasteiger partial charge is 0.480 e. The van der Waals surface area contributed by atoms with E-state index in [1.807, 2.05) is 0 Å². The summed E-state index contributed by atoms with van der Waals surface area (Å²) in [7, 11) is -4.74. The van der Waals surface area contributed by atoms with Gasteiger partial charge in [0.1, 0.15) is 12.6 Å². The molecule has 4 N–H and O–H groups in total. The number of carbonyl (C=O) groups excluding carboxylic acids is 2. The van der Waals surface area contributed by atoms with Crippen LogP contribution in [0, 0.1) is 0 Å². The molecule has 0 aliphatic heterocycles. The SMILES string of the molecule is CC/C=C\C/C=C\C/C=C\C/C=C\C/C=C\CCCCCC(=O)OC(COC(=O)CCCCCC/C=C\C/C=C\C/C=C\C/C=C\CC)COP(=O)(O)OCC(N)C(=O)O. The van der Waals surface area contributed by atoms with Crippen LogP contribution in [0.1, 0.15) is 142 Å². The van der Waals surface area contributed by atoms with Crippen molar-refractivity contribution in [3.63, 3.8) is 0 Å². The molecular formula is C48H76NO10P. The lowest BCUT2D eigenvalue weighted by Crippen LogP contribution is -2.34. The predicted molar refractivity (Wildman–Crippen MR) is 244 cm³/mol. The van der Waals surface area contributed by atoms with E-state index in [-0.39, 0.29) is 19.4 Å². The number of phosphoric ester groups is 1. The number of allylic oxidation sites excluding steroid dienone is 18. The maximum Gasteiger partial charge on any atom is 0.472 e. The fourth-order valence-electron chi connectivity index (χ4n) is 5.14. The van der Waals surface area contributed by atoms with E-state index < -0.39 is 51.1 Å². The molecule has 0 spiro atoms. The minimum atomic E-state index is -4.74. The van der Waals surface area contributed by atoms with Crippen LogP contribution in [0.2, 0.25) is 0 Å². The van der Waals surface area contributed by atoms with Crippen LogP contribution in [-0.2, 0) is 37.5 Å². The number of esters is 2. The van der Waals surface area contributed by atoms with Gasteiger partial charge in [-0.25, -0.2) is 4.57 Å². The van der Waals surface area contributed by atoms with Crippen LogP contribution in [0.3, 0.4) is 0 Å². The highest BCUT2D eigenvalue weighted by Gasteiger charge is 2.28. The highest BCUT2D eigenvalue weighted by Crippen LogP contribution is 2.43. The van der Waals surface area contributed by atoms with Crippen molar-refractivity contribution in [3.05, 3.63) is 109 Å². The molecule has 0 aliphatic carbocycles. The number of hydrogen-bond acceptors (Lipinski definition) is 9. The lowest BCUT2D eigenvalue weighted by atomic mass is 10.1. The van der Waals surface area contributed by atoms with Crippen molar-refractivity contribution in [1.82, 2.24) is 0 Å². The minimum absolute atomic E-state index is 0.109. The third kappa shape index (κ3) is 40.9. The molecule has 0 heterocycles. The number of hydrogen-bond donors (Lipinski definition) is 3. The van der Waals surface area contributed by atoms with Crippen LogP contribution >= 0.6 is 7.82 Å². The van der Waals surface area contributed by atoms with Crippen LogP contribution < -0.4 is 5.73 Å². The predicted octanol–water partition coefficient (Wildman–Crippen LogP) is 11.8. The number of unbranched alkanes of at least 4 members (excludes halogenated alkanes) is 7. The molecule has 0 aromatic heterocycles. The molecular weight excluding hydrogens is 781 g/mol. The molecule has 3 unspecified atom stereocenters.